The fourth-order valence-corrected chi connectivity index (χ4v) is 4.42. The third-order valence-electron chi connectivity index (χ3n) is 4.91. The summed E-state index contributed by atoms with van der Waals surface area (Å²) in [5.74, 6) is 0.225. The molecule has 0 aliphatic heterocycles. The van der Waals surface area contributed by atoms with Crippen LogP contribution in [0.1, 0.15) is 37.9 Å². The molecule has 2 atom stereocenters. The van der Waals surface area contributed by atoms with Crippen molar-refractivity contribution in [2.75, 3.05) is 7.11 Å². The maximum atomic E-state index is 13.5. The van der Waals surface area contributed by atoms with Gasteiger partial charge in [0.15, 0.2) is 0 Å². The number of hydrogen-bond acceptors (Lipinski definition) is 6. The van der Waals surface area contributed by atoms with Gasteiger partial charge in [0.2, 0.25) is 0 Å². The fourth-order valence-electron chi connectivity index (χ4n) is 3.29. The molecule has 1 amide bonds. The van der Waals surface area contributed by atoms with Crippen LogP contribution in [0, 0.1) is 0 Å². The number of alkyl carbamates (subject to hydrolysis) is 1. The van der Waals surface area contributed by atoms with Crippen LogP contribution in [0.25, 0.3) is 0 Å². The maximum absolute atomic E-state index is 13.5. The van der Waals surface area contributed by atoms with Crippen molar-refractivity contribution in [3.8, 4) is 5.75 Å². The van der Waals surface area contributed by atoms with E-state index in [4.69, 9.17) is 14.2 Å². The van der Waals surface area contributed by atoms with Gasteiger partial charge in [-0.1, -0.05) is 60.7 Å². The molecule has 35 heavy (non-hydrogen) atoms. The first kappa shape index (κ1) is 26.2. The monoisotopic (exact) mass is 493 g/mol. The molecule has 0 heterocycles. The number of thioether (sulfide) groups is 1. The molecular formula is C28H31NO5S. The second-order valence-electron chi connectivity index (χ2n) is 8.84. The number of ether oxygens (including phenoxy) is 3. The number of amides is 1. The van der Waals surface area contributed by atoms with Crippen LogP contribution >= 0.6 is 11.8 Å². The number of nitrogens with one attached hydrogen (secondary N) is 1. The second kappa shape index (κ2) is 12.3. The lowest BCUT2D eigenvalue weighted by atomic mass is 10.0. The average molecular weight is 494 g/mol. The largest absolute Gasteiger partial charge is 0.497 e. The molecule has 0 aromatic heterocycles. The minimum absolute atomic E-state index is 0.132. The summed E-state index contributed by atoms with van der Waals surface area (Å²) in [7, 11) is 1.58. The van der Waals surface area contributed by atoms with E-state index in [0.717, 1.165) is 16.0 Å². The number of carbonyl (C=O) groups is 2. The van der Waals surface area contributed by atoms with Crippen LogP contribution in [0.2, 0.25) is 0 Å². The van der Waals surface area contributed by atoms with Gasteiger partial charge in [-0.15, -0.1) is 11.8 Å². The van der Waals surface area contributed by atoms with Gasteiger partial charge < -0.3 is 19.5 Å². The second-order valence-corrected chi connectivity index (χ2v) is 10.1. The molecule has 0 radical (unpaired) electrons. The van der Waals surface area contributed by atoms with E-state index in [1.54, 1.807) is 40.0 Å². The van der Waals surface area contributed by atoms with Gasteiger partial charge >= 0.3 is 12.1 Å². The highest BCUT2D eigenvalue weighted by molar-refractivity contribution is 8.00. The van der Waals surface area contributed by atoms with Gasteiger partial charge in [0, 0.05) is 4.90 Å². The highest BCUT2D eigenvalue weighted by atomic mass is 32.2. The molecular weight excluding hydrogens is 462 g/mol. The molecule has 7 heteroatoms. The van der Waals surface area contributed by atoms with E-state index in [1.807, 2.05) is 72.8 Å². The first-order chi connectivity index (χ1) is 16.7. The molecule has 0 spiro atoms. The highest BCUT2D eigenvalue weighted by Gasteiger charge is 2.34. The summed E-state index contributed by atoms with van der Waals surface area (Å²) in [6.45, 7) is 5.51. The van der Waals surface area contributed by atoms with Gasteiger partial charge in [-0.05, 0) is 56.2 Å². The van der Waals surface area contributed by atoms with Crippen molar-refractivity contribution < 1.29 is 23.8 Å². The Bertz CT molecular complexity index is 1080. The number of rotatable bonds is 9. The Hall–Kier alpha value is -3.45. The number of methoxy groups -OCH3 is 1. The van der Waals surface area contributed by atoms with Crippen molar-refractivity contribution in [3.63, 3.8) is 0 Å². The van der Waals surface area contributed by atoms with E-state index in [1.165, 1.54) is 11.8 Å². The van der Waals surface area contributed by atoms with Gasteiger partial charge in [0.1, 0.15) is 23.2 Å². The maximum Gasteiger partial charge on any atom is 0.408 e. The Labute approximate surface area is 211 Å². The Morgan fingerprint density at radius 1 is 0.886 bits per heavy atom. The van der Waals surface area contributed by atoms with Crippen LogP contribution in [0.3, 0.4) is 0 Å². The Balaban J connectivity index is 1.93. The quantitative estimate of drug-likeness (QED) is 0.284. The Morgan fingerprint density at radius 2 is 1.49 bits per heavy atom. The van der Waals surface area contributed by atoms with Crippen molar-refractivity contribution in [2.24, 2.45) is 0 Å². The van der Waals surface area contributed by atoms with Crippen LogP contribution in [-0.4, -0.2) is 30.0 Å². The first-order valence-corrected chi connectivity index (χ1v) is 12.2. The van der Waals surface area contributed by atoms with Crippen molar-refractivity contribution in [3.05, 3.63) is 96.1 Å². The van der Waals surface area contributed by atoms with Gasteiger partial charge in [-0.3, -0.25) is 4.79 Å². The molecule has 3 aromatic rings. The minimum Gasteiger partial charge on any atom is -0.497 e. The summed E-state index contributed by atoms with van der Waals surface area (Å²) in [6, 6.07) is 25.5. The van der Waals surface area contributed by atoms with Crippen molar-refractivity contribution >= 4 is 23.8 Å². The first-order valence-electron chi connectivity index (χ1n) is 11.3. The predicted molar refractivity (Wildman–Crippen MR) is 137 cm³/mol. The molecule has 0 bridgehead atoms. The minimum atomic E-state index is -0.776. The van der Waals surface area contributed by atoms with E-state index < -0.39 is 29.0 Å². The van der Waals surface area contributed by atoms with Gasteiger partial charge in [-0.2, -0.15) is 0 Å². The number of hydrogen-bond donors (Lipinski definition) is 1. The van der Waals surface area contributed by atoms with Gasteiger partial charge in [0.05, 0.1) is 13.2 Å². The molecule has 6 nitrogen and oxygen atoms in total. The normalized spacial score (nSPS) is 12.8. The number of esters is 1. The smallest absolute Gasteiger partial charge is 0.408 e. The summed E-state index contributed by atoms with van der Waals surface area (Å²) in [4.78, 5) is 27.1. The molecule has 3 aromatic carbocycles. The van der Waals surface area contributed by atoms with E-state index in [-0.39, 0.29) is 6.61 Å². The number of carbonyl (C=O) groups excluding carboxylic acids is 2. The van der Waals surface area contributed by atoms with Crippen molar-refractivity contribution in [1.82, 2.24) is 5.32 Å². The van der Waals surface area contributed by atoms with Crippen LogP contribution in [0.5, 0.6) is 5.75 Å². The molecule has 0 saturated heterocycles. The third-order valence-corrected chi connectivity index (χ3v) is 6.18. The average Bonchev–Trinajstić information content (AvgIpc) is 2.85. The molecule has 1 N–H and O–H groups in total. The number of benzene rings is 3. The summed E-state index contributed by atoms with van der Waals surface area (Å²) < 4.78 is 16.5. The molecule has 0 fully saturated rings. The Kier molecular flexibility index (Phi) is 9.20. The summed E-state index contributed by atoms with van der Waals surface area (Å²) >= 11 is 1.33. The zero-order chi connectivity index (χ0) is 25.3. The molecule has 0 saturated carbocycles. The molecule has 0 unspecified atom stereocenters. The van der Waals surface area contributed by atoms with Crippen molar-refractivity contribution in [1.29, 1.82) is 0 Å². The lowest BCUT2D eigenvalue weighted by molar-refractivity contribution is -0.144. The van der Waals surface area contributed by atoms with E-state index in [2.05, 4.69) is 5.32 Å². The SMILES string of the molecule is COc1ccc([C@@H](NC(=O)OC(C)(C)C)[C@H](Sc2ccccc2)C(=O)OCc2ccccc2)cc1. The molecule has 3 rings (SSSR count). The lowest BCUT2D eigenvalue weighted by Gasteiger charge is -2.28. The summed E-state index contributed by atoms with van der Waals surface area (Å²) in [5, 5.41) is 2.13. The zero-order valence-corrected chi connectivity index (χ0v) is 21.2. The van der Waals surface area contributed by atoms with E-state index >= 15 is 0 Å². The summed E-state index contributed by atoms with van der Waals surface area (Å²) in [6.07, 6.45) is -0.618. The zero-order valence-electron chi connectivity index (χ0n) is 20.4. The van der Waals surface area contributed by atoms with E-state index in [0.29, 0.717) is 5.75 Å². The van der Waals surface area contributed by atoms with Gasteiger partial charge in [0.25, 0.3) is 0 Å². The van der Waals surface area contributed by atoms with Crippen LogP contribution < -0.4 is 10.1 Å². The molecule has 0 aliphatic rings. The van der Waals surface area contributed by atoms with Crippen LogP contribution in [-0.2, 0) is 20.9 Å². The summed E-state index contributed by atoms with van der Waals surface area (Å²) in [5.41, 5.74) is 0.914. The molecule has 184 valence electrons. The topological polar surface area (TPSA) is 73.9 Å². The Morgan fingerprint density at radius 3 is 2.06 bits per heavy atom. The predicted octanol–water partition coefficient (Wildman–Crippen LogP) is 6.17. The third kappa shape index (κ3) is 8.37. The van der Waals surface area contributed by atoms with Crippen LogP contribution in [0.4, 0.5) is 4.79 Å². The van der Waals surface area contributed by atoms with Crippen LogP contribution in [0.15, 0.2) is 89.8 Å². The fraction of sp³-hybridized carbons (Fsp3) is 0.286. The van der Waals surface area contributed by atoms with Gasteiger partial charge in [-0.25, -0.2) is 4.79 Å². The lowest BCUT2D eigenvalue weighted by Crippen LogP contribution is -2.42. The van der Waals surface area contributed by atoms with E-state index in [9.17, 15) is 9.59 Å². The molecule has 0 aliphatic carbocycles. The van der Waals surface area contributed by atoms with Crippen molar-refractivity contribution in [2.45, 2.75) is 49.2 Å². The standard InChI is InChI=1S/C28H31NO5S/c1-28(2,3)34-27(31)29-24(21-15-17-22(32-4)18-16-21)25(35-23-13-9-6-10-14-23)26(30)33-19-20-11-7-5-8-12-20/h5-18,24-25H,19H2,1-4H3,(H,29,31)/t24-,25+/m1/s1. The highest BCUT2D eigenvalue weighted by Crippen LogP contribution is 2.34.